The number of aryl methyl sites for hydroxylation is 1. The molecule has 18 heavy (non-hydrogen) atoms. The molecule has 0 aliphatic heterocycles. The SMILES string of the molecule is CNC(CCc1cccnc1)CCC(C)(C)OC. The van der Waals surface area contributed by atoms with Gasteiger partial charge in [-0.05, 0) is 58.2 Å². The van der Waals surface area contributed by atoms with E-state index in [0.29, 0.717) is 6.04 Å². The zero-order valence-corrected chi connectivity index (χ0v) is 12.1. The first kappa shape index (κ1) is 15.1. The molecule has 1 atom stereocenters. The fraction of sp³-hybridized carbons (Fsp3) is 0.667. The Kier molecular flexibility index (Phi) is 6.30. The van der Waals surface area contributed by atoms with Gasteiger partial charge in [0.2, 0.25) is 0 Å². The van der Waals surface area contributed by atoms with Gasteiger partial charge in [-0.15, -0.1) is 0 Å². The summed E-state index contributed by atoms with van der Waals surface area (Å²) in [6.07, 6.45) is 8.19. The van der Waals surface area contributed by atoms with Gasteiger partial charge in [-0.2, -0.15) is 0 Å². The lowest BCUT2D eigenvalue weighted by Crippen LogP contribution is -2.30. The molecule has 0 bridgehead atoms. The molecule has 1 N–H and O–H groups in total. The van der Waals surface area contributed by atoms with Crippen molar-refractivity contribution in [1.29, 1.82) is 0 Å². The maximum atomic E-state index is 5.46. The first-order valence-electron chi connectivity index (χ1n) is 6.69. The van der Waals surface area contributed by atoms with Gasteiger partial charge in [0.15, 0.2) is 0 Å². The van der Waals surface area contributed by atoms with E-state index in [2.05, 4.69) is 30.2 Å². The maximum absolute atomic E-state index is 5.46. The predicted octanol–water partition coefficient (Wildman–Crippen LogP) is 2.81. The Bertz CT molecular complexity index is 325. The second-order valence-corrected chi connectivity index (χ2v) is 5.39. The highest BCUT2D eigenvalue weighted by Gasteiger charge is 2.18. The summed E-state index contributed by atoms with van der Waals surface area (Å²) in [5, 5.41) is 3.39. The van der Waals surface area contributed by atoms with E-state index in [4.69, 9.17) is 4.74 Å². The van der Waals surface area contributed by atoms with E-state index in [1.54, 1.807) is 7.11 Å². The third-order valence-corrected chi connectivity index (χ3v) is 3.56. The summed E-state index contributed by atoms with van der Waals surface area (Å²) < 4.78 is 5.46. The Morgan fingerprint density at radius 1 is 1.39 bits per heavy atom. The summed E-state index contributed by atoms with van der Waals surface area (Å²) in [4.78, 5) is 4.15. The van der Waals surface area contributed by atoms with E-state index >= 15 is 0 Å². The van der Waals surface area contributed by atoms with Crippen molar-refractivity contribution in [1.82, 2.24) is 10.3 Å². The number of ether oxygens (including phenoxy) is 1. The van der Waals surface area contributed by atoms with Gasteiger partial charge in [0.1, 0.15) is 0 Å². The number of nitrogens with zero attached hydrogens (tertiary/aromatic N) is 1. The summed E-state index contributed by atoms with van der Waals surface area (Å²) in [5.74, 6) is 0. The normalized spacial score (nSPS) is 13.6. The minimum atomic E-state index is -0.0244. The number of hydrogen-bond donors (Lipinski definition) is 1. The Morgan fingerprint density at radius 3 is 2.72 bits per heavy atom. The molecular weight excluding hydrogens is 224 g/mol. The van der Waals surface area contributed by atoms with Crippen LogP contribution >= 0.6 is 0 Å². The van der Waals surface area contributed by atoms with Crippen LogP contribution in [0.3, 0.4) is 0 Å². The quantitative estimate of drug-likeness (QED) is 0.770. The third kappa shape index (κ3) is 5.61. The van der Waals surface area contributed by atoms with Crippen molar-refractivity contribution in [3.8, 4) is 0 Å². The Labute approximate surface area is 111 Å². The standard InChI is InChI=1S/C15H26N2O/c1-15(2,18-4)10-9-14(16-3)8-7-13-6-5-11-17-12-13/h5-6,11-12,14,16H,7-10H2,1-4H3. The van der Waals surface area contributed by atoms with Crippen LogP contribution in [0.1, 0.15) is 38.7 Å². The van der Waals surface area contributed by atoms with E-state index in [1.807, 2.05) is 25.5 Å². The van der Waals surface area contributed by atoms with Gasteiger partial charge in [-0.1, -0.05) is 6.07 Å². The zero-order valence-electron chi connectivity index (χ0n) is 12.1. The first-order chi connectivity index (χ1) is 8.57. The van der Waals surface area contributed by atoms with Gasteiger partial charge in [-0.25, -0.2) is 0 Å². The van der Waals surface area contributed by atoms with Crippen LogP contribution in [0.5, 0.6) is 0 Å². The van der Waals surface area contributed by atoms with Gasteiger partial charge in [0.25, 0.3) is 0 Å². The van der Waals surface area contributed by atoms with Crippen LogP contribution in [0.15, 0.2) is 24.5 Å². The van der Waals surface area contributed by atoms with Crippen LogP contribution < -0.4 is 5.32 Å². The minimum Gasteiger partial charge on any atom is -0.379 e. The lowest BCUT2D eigenvalue weighted by Gasteiger charge is -2.25. The number of rotatable bonds is 8. The smallest absolute Gasteiger partial charge is 0.0623 e. The molecule has 1 unspecified atom stereocenters. The van der Waals surface area contributed by atoms with E-state index in [9.17, 15) is 0 Å². The first-order valence-corrected chi connectivity index (χ1v) is 6.69. The van der Waals surface area contributed by atoms with E-state index in [-0.39, 0.29) is 5.60 Å². The second kappa shape index (κ2) is 7.49. The summed E-state index contributed by atoms with van der Waals surface area (Å²) in [6, 6.07) is 4.68. The van der Waals surface area contributed by atoms with Crippen molar-refractivity contribution in [2.75, 3.05) is 14.2 Å². The summed E-state index contributed by atoms with van der Waals surface area (Å²) >= 11 is 0. The molecule has 1 aromatic rings. The predicted molar refractivity (Wildman–Crippen MR) is 75.7 cm³/mol. The van der Waals surface area contributed by atoms with E-state index in [0.717, 1.165) is 25.7 Å². The number of methoxy groups -OCH3 is 1. The van der Waals surface area contributed by atoms with Crippen molar-refractivity contribution in [3.63, 3.8) is 0 Å². The maximum Gasteiger partial charge on any atom is 0.0623 e. The van der Waals surface area contributed by atoms with Crippen molar-refractivity contribution in [3.05, 3.63) is 30.1 Å². The molecule has 0 fully saturated rings. The largest absolute Gasteiger partial charge is 0.379 e. The summed E-state index contributed by atoms with van der Waals surface area (Å²) in [6.45, 7) is 4.28. The molecule has 1 rings (SSSR count). The van der Waals surface area contributed by atoms with Gasteiger partial charge in [0, 0.05) is 25.5 Å². The molecule has 3 nitrogen and oxygen atoms in total. The lowest BCUT2D eigenvalue weighted by molar-refractivity contribution is 0.0117. The summed E-state index contributed by atoms with van der Waals surface area (Å²) in [7, 11) is 3.82. The monoisotopic (exact) mass is 250 g/mol. The van der Waals surface area contributed by atoms with Gasteiger partial charge >= 0.3 is 0 Å². The van der Waals surface area contributed by atoms with Crippen molar-refractivity contribution in [2.45, 2.75) is 51.2 Å². The number of aromatic nitrogens is 1. The fourth-order valence-corrected chi connectivity index (χ4v) is 1.94. The fourth-order valence-electron chi connectivity index (χ4n) is 1.94. The summed E-state index contributed by atoms with van der Waals surface area (Å²) in [5.41, 5.74) is 1.28. The molecule has 1 heterocycles. The molecule has 0 aromatic carbocycles. The van der Waals surface area contributed by atoms with E-state index in [1.165, 1.54) is 5.56 Å². The van der Waals surface area contributed by atoms with Crippen molar-refractivity contribution in [2.24, 2.45) is 0 Å². The van der Waals surface area contributed by atoms with Crippen LogP contribution in [-0.2, 0) is 11.2 Å². The Balaban J connectivity index is 2.34. The van der Waals surface area contributed by atoms with Crippen LogP contribution in [-0.4, -0.2) is 30.8 Å². The highest BCUT2D eigenvalue weighted by molar-refractivity contribution is 5.08. The number of nitrogens with one attached hydrogen (secondary N) is 1. The average Bonchev–Trinajstić information content (AvgIpc) is 2.40. The number of pyridine rings is 1. The highest BCUT2D eigenvalue weighted by atomic mass is 16.5. The average molecular weight is 250 g/mol. The highest BCUT2D eigenvalue weighted by Crippen LogP contribution is 2.18. The lowest BCUT2D eigenvalue weighted by atomic mass is 9.96. The third-order valence-electron chi connectivity index (χ3n) is 3.56. The molecule has 0 aliphatic rings. The molecule has 0 saturated heterocycles. The molecular formula is C15H26N2O. The van der Waals surface area contributed by atoms with Crippen molar-refractivity contribution >= 4 is 0 Å². The molecule has 102 valence electrons. The van der Waals surface area contributed by atoms with Crippen LogP contribution in [0, 0.1) is 0 Å². The van der Waals surface area contributed by atoms with E-state index < -0.39 is 0 Å². The molecule has 0 amide bonds. The van der Waals surface area contributed by atoms with Crippen LogP contribution in [0.4, 0.5) is 0 Å². The van der Waals surface area contributed by atoms with Gasteiger partial charge in [-0.3, -0.25) is 4.98 Å². The zero-order chi connectivity index (χ0) is 13.4. The molecule has 0 radical (unpaired) electrons. The molecule has 3 heteroatoms. The molecule has 0 aliphatic carbocycles. The number of hydrogen-bond acceptors (Lipinski definition) is 3. The van der Waals surface area contributed by atoms with Gasteiger partial charge < -0.3 is 10.1 Å². The Morgan fingerprint density at radius 2 is 2.17 bits per heavy atom. The van der Waals surface area contributed by atoms with Gasteiger partial charge in [0.05, 0.1) is 5.60 Å². The Hall–Kier alpha value is -0.930. The van der Waals surface area contributed by atoms with Crippen molar-refractivity contribution < 1.29 is 4.74 Å². The second-order valence-electron chi connectivity index (χ2n) is 5.39. The molecule has 1 aromatic heterocycles. The van der Waals surface area contributed by atoms with Crippen LogP contribution in [0.25, 0.3) is 0 Å². The minimum absolute atomic E-state index is 0.0244. The molecule has 0 saturated carbocycles. The topological polar surface area (TPSA) is 34.2 Å². The molecule has 0 spiro atoms. The van der Waals surface area contributed by atoms with Crippen LogP contribution in [0.2, 0.25) is 0 Å².